The number of hydrogen-bond donors (Lipinski definition) is 2. The summed E-state index contributed by atoms with van der Waals surface area (Å²) in [6.45, 7) is 2.00. The van der Waals surface area contributed by atoms with Gasteiger partial charge < -0.3 is 5.32 Å². The van der Waals surface area contributed by atoms with Crippen molar-refractivity contribution in [3.63, 3.8) is 0 Å². The van der Waals surface area contributed by atoms with E-state index in [0.717, 1.165) is 31.8 Å². The lowest BCUT2D eigenvalue weighted by molar-refractivity contribution is -0.131. The molecule has 2 heterocycles. The molecule has 0 bridgehead atoms. The summed E-state index contributed by atoms with van der Waals surface area (Å²) in [6, 6.07) is 0.828. The van der Waals surface area contributed by atoms with Crippen molar-refractivity contribution in [2.75, 3.05) is 13.1 Å². The van der Waals surface area contributed by atoms with E-state index in [9.17, 15) is 4.79 Å². The first-order valence-electron chi connectivity index (χ1n) is 6.13. The molecule has 0 aromatic heterocycles. The van der Waals surface area contributed by atoms with Gasteiger partial charge in [-0.15, -0.1) is 0 Å². The van der Waals surface area contributed by atoms with Crippen LogP contribution in [0.1, 0.15) is 32.1 Å². The van der Waals surface area contributed by atoms with Gasteiger partial charge >= 0.3 is 0 Å². The molecule has 1 aliphatic carbocycles. The van der Waals surface area contributed by atoms with Crippen LogP contribution in [0, 0.1) is 5.92 Å². The molecule has 2 N–H and O–H groups in total. The van der Waals surface area contributed by atoms with Crippen molar-refractivity contribution < 1.29 is 4.79 Å². The molecule has 0 aromatic carbocycles. The van der Waals surface area contributed by atoms with Crippen LogP contribution >= 0.6 is 0 Å². The number of hydrogen-bond acceptors (Lipinski definition) is 3. The van der Waals surface area contributed by atoms with Gasteiger partial charge in [-0.2, -0.15) is 0 Å². The third kappa shape index (κ3) is 1.66. The standard InChI is InChI=1S/C11H19N3O/c15-11-6-10(8-2-1-3-8)13-14(11)9-4-5-12-7-9/h8-10,12-13H,1-7H2. The van der Waals surface area contributed by atoms with E-state index < -0.39 is 0 Å². The third-order valence-corrected chi connectivity index (χ3v) is 4.09. The van der Waals surface area contributed by atoms with Gasteiger partial charge in [0.05, 0.1) is 6.04 Å². The Morgan fingerprint density at radius 3 is 2.73 bits per heavy atom. The van der Waals surface area contributed by atoms with Crippen LogP contribution in [0.2, 0.25) is 0 Å². The van der Waals surface area contributed by atoms with Crippen molar-refractivity contribution in [1.82, 2.24) is 15.8 Å². The maximum atomic E-state index is 11.9. The van der Waals surface area contributed by atoms with Crippen molar-refractivity contribution in [2.45, 2.75) is 44.2 Å². The lowest BCUT2D eigenvalue weighted by Crippen LogP contribution is -2.48. The predicted octanol–water partition coefficient (Wildman–Crippen LogP) is 0.254. The van der Waals surface area contributed by atoms with Crippen molar-refractivity contribution >= 4 is 5.91 Å². The van der Waals surface area contributed by atoms with E-state index in [1.165, 1.54) is 19.3 Å². The zero-order valence-corrected chi connectivity index (χ0v) is 9.04. The summed E-state index contributed by atoms with van der Waals surface area (Å²) in [6.07, 6.45) is 5.78. The van der Waals surface area contributed by atoms with Gasteiger partial charge in [0.2, 0.25) is 5.91 Å². The molecule has 2 saturated heterocycles. The second-order valence-electron chi connectivity index (χ2n) is 5.04. The van der Waals surface area contributed by atoms with Crippen molar-refractivity contribution in [1.29, 1.82) is 0 Å². The van der Waals surface area contributed by atoms with E-state index in [4.69, 9.17) is 0 Å². The first-order valence-corrected chi connectivity index (χ1v) is 6.13. The van der Waals surface area contributed by atoms with Crippen molar-refractivity contribution in [3.05, 3.63) is 0 Å². The van der Waals surface area contributed by atoms with Crippen LogP contribution in [0.25, 0.3) is 0 Å². The molecule has 3 aliphatic rings. The fourth-order valence-electron chi connectivity index (χ4n) is 2.87. The average molecular weight is 209 g/mol. The molecule has 15 heavy (non-hydrogen) atoms. The van der Waals surface area contributed by atoms with E-state index in [1.54, 1.807) is 0 Å². The van der Waals surface area contributed by atoms with Gasteiger partial charge in [-0.3, -0.25) is 9.80 Å². The lowest BCUT2D eigenvalue weighted by atomic mass is 9.79. The van der Waals surface area contributed by atoms with Gasteiger partial charge in [-0.1, -0.05) is 6.42 Å². The number of hydrazine groups is 1. The summed E-state index contributed by atoms with van der Waals surface area (Å²) in [5.41, 5.74) is 3.43. The molecule has 4 heteroatoms. The number of nitrogens with zero attached hydrogens (tertiary/aromatic N) is 1. The zero-order valence-electron chi connectivity index (χ0n) is 9.04. The molecule has 0 aromatic rings. The molecule has 4 nitrogen and oxygen atoms in total. The molecule has 2 atom stereocenters. The molecule has 1 saturated carbocycles. The highest BCUT2D eigenvalue weighted by molar-refractivity contribution is 5.78. The van der Waals surface area contributed by atoms with Crippen LogP contribution in [0.15, 0.2) is 0 Å². The number of rotatable bonds is 2. The van der Waals surface area contributed by atoms with Gasteiger partial charge in [0, 0.05) is 19.0 Å². The van der Waals surface area contributed by atoms with Crippen LogP contribution in [0.5, 0.6) is 0 Å². The molecular weight excluding hydrogens is 190 g/mol. The minimum Gasteiger partial charge on any atom is -0.315 e. The summed E-state index contributed by atoms with van der Waals surface area (Å²) in [7, 11) is 0. The van der Waals surface area contributed by atoms with E-state index in [2.05, 4.69) is 10.7 Å². The molecule has 3 rings (SSSR count). The smallest absolute Gasteiger partial charge is 0.238 e. The Bertz CT molecular complexity index is 259. The SMILES string of the molecule is O=C1CC(C2CCC2)NN1C1CCNC1. The van der Waals surface area contributed by atoms with Gasteiger partial charge in [0.25, 0.3) is 0 Å². The molecular formula is C11H19N3O. The Morgan fingerprint density at radius 1 is 1.27 bits per heavy atom. The van der Waals surface area contributed by atoms with Crippen molar-refractivity contribution in [2.24, 2.45) is 5.92 Å². The number of nitrogens with one attached hydrogen (secondary N) is 2. The maximum absolute atomic E-state index is 11.9. The monoisotopic (exact) mass is 209 g/mol. The molecule has 84 valence electrons. The Labute approximate surface area is 90.4 Å². The Kier molecular flexibility index (Phi) is 2.41. The first kappa shape index (κ1) is 9.60. The highest BCUT2D eigenvalue weighted by atomic mass is 16.2. The van der Waals surface area contributed by atoms with Crippen LogP contribution in [0.3, 0.4) is 0 Å². The van der Waals surface area contributed by atoms with Crippen LogP contribution in [-0.4, -0.2) is 36.1 Å². The molecule has 3 fully saturated rings. The van der Waals surface area contributed by atoms with E-state index in [1.807, 2.05) is 5.01 Å². The van der Waals surface area contributed by atoms with Crippen LogP contribution in [0.4, 0.5) is 0 Å². The van der Waals surface area contributed by atoms with Gasteiger partial charge in [-0.05, 0) is 31.7 Å². The van der Waals surface area contributed by atoms with E-state index in [0.29, 0.717) is 18.0 Å². The Morgan fingerprint density at radius 2 is 2.13 bits per heavy atom. The minimum atomic E-state index is 0.306. The average Bonchev–Trinajstić information content (AvgIpc) is 2.70. The molecule has 2 aliphatic heterocycles. The summed E-state index contributed by atoms with van der Waals surface area (Å²) >= 11 is 0. The molecule has 2 unspecified atom stereocenters. The van der Waals surface area contributed by atoms with Crippen LogP contribution in [-0.2, 0) is 4.79 Å². The van der Waals surface area contributed by atoms with E-state index >= 15 is 0 Å². The largest absolute Gasteiger partial charge is 0.315 e. The minimum absolute atomic E-state index is 0.306. The fraction of sp³-hybridized carbons (Fsp3) is 0.909. The summed E-state index contributed by atoms with van der Waals surface area (Å²) in [5.74, 6) is 1.06. The first-order chi connectivity index (χ1) is 7.34. The Hall–Kier alpha value is -0.610. The topological polar surface area (TPSA) is 44.4 Å². The van der Waals surface area contributed by atoms with Crippen LogP contribution < -0.4 is 10.7 Å². The number of carbonyl (C=O) groups is 1. The summed E-state index contributed by atoms with van der Waals surface area (Å²) in [4.78, 5) is 11.9. The molecule has 0 radical (unpaired) electrons. The van der Waals surface area contributed by atoms with Gasteiger partial charge in [-0.25, -0.2) is 5.43 Å². The van der Waals surface area contributed by atoms with Gasteiger partial charge in [0.15, 0.2) is 0 Å². The lowest BCUT2D eigenvalue weighted by Gasteiger charge is -2.32. The molecule has 0 spiro atoms. The third-order valence-electron chi connectivity index (χ3n) is 4.09. The second-order valence-corrected chi connectivity index (χ2v) is 5.04. The predicted molar refractivity (Wildman–Crippen MR) is 57.0 cm³/mol. The van der Waals surface area contributed by atoms with Gasteiger partial charge in [0.1, 0.15) is 0 Å². The highest BCUT2D eigenvalue weighted by Crippen LogP contribution is 2.33. The van der Waals surface area contributed by atoms with Crippen molar-refractivity contribution in [3.8, 4) is 0 Å². The number of amides is 1. The fourth-order valence-corrected chi connectivity index (χ4v) is 2.87. The summed E-state index contributed by atoms with van der Waals surface area (Å²) in [5, 5.41) is 5.21. The Balaban J connectivity index is 1.62. The maximum Gasteiger partial charge on any atom is 0.238 e. The zero-order chi connectivity index (χ0) is 10.3. The number of carbonyl (C=O) groups excluding carboxylic acids is 1. The second kappa shape index (κ2) is 3.76. The molecule has 1 amide bonds. The normalized spacial score (nSPS) is 37.3. The summed E-state index contributed by atoms with van der Waals surface area (Å²) < 4.78 is 0. The quantitative estimate of drug-likeness (QED) is 0.685. The highest BCUT2D eigenvalue weighted by Gasteiger charge is 2.40. The van der Waals surface area contributed by atoms with E-state index in [-0.39, 0.29) is 0 Å².